The molecule has 2 rings (SSSR count). The van der Waals surface area contributed by atoms with E-state index in [1.54, 1.807) is 37.7 Å². The second-order valence-corrected chi connectivity index (χ2v) is 7.56. The van der Waals surface area contributed by atoms with Gasteiger partial charge in [0.1, 0.15) is 0 Å². The van der Waals surface area contributed by atoms with Gasteiger partial charge in [-0.2, -0.15) is 0 Å². The highest BCUT2D eigenvalue weighted by atomic mass is 127. The largest absolute Gasteiger partial charge is 0.493 e. The van der Waals surface area contributed by atoms with Gasteiger partial charge in [0.25, 0.3) is 0 Å². The van der Waals surface area contributed by atoms with Crippen LogP contribution in [0.3, 0.4) is 0 Å². The van der Waals surface area contributed by atoms with Crippen LogP contribution in [0.25, 0.3) is 0 Å². The Kier molecular flexibility index (Phi) is 11.3. The molecule has 1 heterocycles. The van der Waals surface area contributed by atoms with Gasteiger partial charge in [-0.3, -0.25) is 4.99 Å². The first-order chi connectivity index (χ1) is 13.5. The maximum atomic E-state index is 10.5. The van der Waals surface area contributed by atoms with E-state index in [0.29, 0.717) is 17.5 Å². The van der Waals surface area contributed by atoms with E-state index in [4.69, 9.17) is 9.47 Å². The van der Waals surface area contributed by atoms with Crippen molar-refractivity contribution in [1.82, 2.24) is 15.6 Å². The Morgan fingerprint density at radius 2 is 1.93 bits per heavy atom. The molecule has 0 saturated heterocycles. The number of aliphatic hydroxyl groups is 1. The number of thiazole rings is 1. The van der Waals surface area contributed by atoms with Crippen molar-refractivity contribution in [3.63, 3.8) is 0 Å². The summed E-state index contributed by atoms with van der Waals surface area (Å²) in [5.41, 5.74) is 1.82. The second-order valence-electron chi connectivity index (χ2n) is 6.28. The highest BCUT2D eigenvalue weighted by Crippen LogP contribution is 2.30. The number of hydrogen-bond acceptors (Lipinski definition) is 6. The molecule has 1 aromatic heterocycles. The second kappa shape index (κ2) is 12.9. The molecular formula is C20H31IN4O3S. The summed E-state index contributed by atoms with van der Waals surface area (Å²) in [4.78, 5) is 10.3. The third kappa shape index (κ3) is 7.63. The third-order valence-corrected chi connectivity index (χ3v) is 5.40. The monoisotopic (exact) mass is 534 g/mol. The molecule has 1 unspecified atom stereocenters. The van der Waals surface area contributed by atoms with Crippen molar-refractivity contribution in [3.8, 4) is 11.5 Å². The lowest BCUT2D eigenvalue weighted by Gasteiger charge is -2.14. The molecule has 0 bridgehead atoms. The predicted octanol–water partition coefficient (Wildman–Crippen LogP) is 3.23. The minimum absolute atomic E-state index is 0. The lowest BCUT2D eigenvalue weighted by Crippen LogP contribution is -2.38. The van der Waals surface area contributed by atoms with Crippen LogP contribution < -0.4 is 20.1 Å². The molecule has 0 spiro atoms. The Bertz CT molecular complexity index is 779. The number of nitrogens with one attached hydrogen (secondary N) is 2. The quantitative estimate of drug-likeness (QED) is 0.260. The van der Waals surface area contributed by atoms with Gasteiger partial charge in [0, 0.05) is 24.4 Å². The van der Waals surface area contributed by atoms with E-state index in [1.807, 2.05) is 19.9 Å². The van der Waals surface area contributed by atoms with Crippen LogP contribution in [0.15, 0.2) is 23.2 Å². The number of aliphatic hydroxyl groups excluding tert-OH is 1. The zero-order valence-electron chi connectivity index (χ0n) is 17.6. The summed E-state index contributed by atoms with van der Waals surface area (Å²) >= 11 is 1.73. The number of aryl methyl sites for hydroxylation is 2. The molecular weight excluding hydrogens is 503 g/mol. The Morgan fingerprint density at radius 3 is 2.52 bits per heavy atom. The summed E-state index contributed by atoms with van der Waals surface area (Å²) in [5.74, 6) is 1.89. The summed E-state index contributed by atoms with van der Waals surface area (Å²) in [6.45, 7) is 7.84. The standard InChI is InChI=1S/C20H30N4O3S.HI/c1-6-21-20(22-10-9-19-24-13(2)14(3)28-19)23-12-16(25)15-7-8-17(26-4)18(11-15)27-5;/h7-8,11,16,25H,6,9-10,12H2,1-5H3,(H2,21,22,23);1H. The first-order valence-corrected chi connectivity index (χ1v) is 10.1. The number of aliphatic imine (C=N–C) groups is 1. The zero-order chi connectivity index (χ0) is 20.5. The molecule has 3 N–H and O–H groups in total. The fourth-order valence-electron chi connectivity index (χ4n) is 2.62. The van der Waals surface area contributed by atoms with Crippen molar-refractivity contribution in [1.29, 1.82) is 0 Å². The molecule has 1 atom stereocenters. The van der Waals surface area contributed by atoms with Crippen LogP contribution in [0.2, 0.25) is 0 Å². The van der Waals surface area contributed by atoms with Crippen molar-refractivity contribution < 1.29 is 14.6 Å². The van der Waals surface area contributed by atoms with Crippen LogP contribution in [0, 0.1) is 13.8 Å². The van der Waals surface area contributed by atoms with Crippen molar-refractivity contribution in [2.45, 2.75) is 33.3 Å². The van der Waals surface area contributed by atoms with Crippen molar-refractivity contribution in [2.75, 3.05) is 33.9 Å². The van der Waals surface area contributed by atoms with Gasteiger partial charge in [-0.05, 0) is 38.5 Å². The van der Waals surface area contributed by atoms with Crippen molar-refractivity contribution >= 4 is 41.3 Å². The van der Waals surface area contributed by atoms with E-state index < -0.39 is 6.10 Å². The maximum absolute atomic E-state index is 10.5. The van der Waals surface area contributed by atoms with E-state index in [9.17, 15) is 5.11 Å². The highest BCUT2D eigenvalue weighted by Gasteiger charge is 2.12. The number of hydrogen-bond donors (Lipinski definition) is 3. The Labute approximate surface area is 194 Å². The Balaban J connectivity index is 0.00000420. The number of rotatable bonds is 9. The van der Waals surface area contributed by atoms with Crippen LogP contribution in [0.5, 0.6) is 11.5 Å². The average molecular weight is 534 g/mol. The van der Waals surface area contributed by atoms with E-state index >= 15 is 0 Å². The number of benzene rings is 1. The topological polar surface area (TPSA) is 88.0 Å². The van der Waals surface area contributed by atoms with Gasteiger partial charge in [-0.1, -0.05) is 6.07 Å². The number of guanidine groups is 1. The molecule has 29 heavy (non-hydrogen) atoms. The molecule has 0 amide bonds. The smallest absolute Gasteiger partial charge is 0.191 e. The van der Waals surface area contributed by atoms with Gasteiger partial charge in [0.05, 0.1) is 37.6 Å². The van der Waals surface area contributed by atoms with Crippen LogP contribution in [-0.2, 0) is 6.42 Å². The van der Waals surface area contributed by atoms with Crippen molar-refractivity contribution in [3.05, 3.63) is 39.3 Å². The summed E-state index contributed by atoms with van der Waals surface area (Å²) in [6.07, 6.45) is 0.0988. The van der Waals surface area contributed by atoms with Crippen LogP contribution >= 0.6 is 35.3 Å². The van der Waals surface area contributed by atoms with Gasteiger partial charge >= 0.3 is 0 Å². The third-order valence-electron chi connectivity index (χ3n) is 4.26. The van der Waals surface area contributed by atoms with E-state index in [2.05, 4.69) is 27.5 Å². The number of nitrogens with zero attached hydrogens (tertiary/aromatic N) is 2. The van der Waals surface area contributed by atoms with Crippen LogP contribution in [0.1, 0.15) is 34.2 Å². The van der Waals surface area contributed by atoms with Gasteiger partial charge in [0.15, 0.2) is 17.5 Å². The summed E-state index contributed by atoms with van der Waals surface area (Å²) < 4.78 is 10.5. The molecule has 2 aromatic rings. The maximum Gasteiger partial charge on any atom is 0.191 e. The fourth-order valence-corrected chi connectivity index (χ4v) is 3.55. The molecule has 9 heteroatoms. The minimum atomic E-state index is -0.737. The lowest BCUT2D eigenvalue weighted by molar-refractivity contribution is 0.186. The molecule has 0 aliphatic carbocycles. The number of methoxy groups -OCH3 is 2. The number of ether oxygens (including phenoxy) is 2. The molecule has 1 aromatic carbocycles. The fraction of sp³-hybridized carbons (Fsp3) is 0.500. The summed E-state index contributed by atoms with van der Waals surface area (Å²) in [7, 11) is 3.16. The molecule has 0 radical (unpaired) electrons. The Morgan fingerprint density at radius 1 is 1.21 bits per heavy atom. The van der Waals surface area contributed by atoms with E-state index in [0.717, 1.165) is 35.8 Å². The molecule has 0 aliphatic rings. The SMILES string of the molecule is CCNC(=NCC(O)c1ccc(OC)c(OC)c1)NCCc1nc(C)c(C)s1.I. The lowest BCUT2D eigenvalue weighted by atomic mass is 10.1. The molecule has 162 valence electrons. The first kappa shape index (κ1) is 25.4. The highest BCUT2D eigenvalue weighted by molar-refractivity contribution is 14.0. The molecule has 0 fully saturated rings. The van der Waals surface area contributed by atoms with Crippen LogP contribution in [0.4, 0.5) is 0 Å². The van der Waals surface area contributed by atoms with Crippen LogP contribution in [-0.4, -0.2) is 49.9 Å². The van der Waals surface area contributed by atoms with Gasteiger partial charge in [-0.25, -0.2) is 4.98 Å². The molecule has 0 aliphatic heterocycles. The van der Waals surface area contributed by atoms with E-state index in [1.165, 1.54) is 4.88 Å². The summed E-state index contributed by atoms with van der Waals surface area (Å²) in [6, 6.07) is 5.37. The average Bonchev–Trinajstić information content (AvgIpc) is 3.02. The molecule has 0 saturated carbocycles. The number of halogens is 1. The first-order valence-electron chi connectivity index (χ1n) is 9.33. The zero-order valence-corrected chi connectivity index (χ0v) is 20.8. The van der Waals surface area contributed by atoms with Crippen molar-refractivity contribution in [2.24, 2.45) is 4.99 Å². The van der Waals surface area contributed by atoms with E-state index in [-0.39, 0.29) is 30.5 Å². The Hall–Kier alpha value is -1.59. The van der Waals surface area contributed by atoms with Gasteiger partial charge < -0.3 is 25.2 Å². The van der Waals surface area contributed by atoms with Gasteiger partial charge in [-0.15, -0.1) is 35.3 Å². The normalized spacial score (nSPS) is 12.1. The van der Waals surface area contributed by atoms with Gasteiger partial charge in [0.2, 0.25) is 0 Å². The minimum Gasteiger partial charge on any atom is -0.493 e. The summed E-state index contributed by atoms with van der Waals surface area (Å²) in [5, 5.41) is 18.1. The predicted molar refractivity (Wildman–Crippen MR) is 129 cm³/mol. The molecule has 7 nitrogen and oxygen atoms in total. The number of aromatic nitrogens is 1.